The van der Waals surface area contributed by atoms with Gasteiger partial charge >= 0.3 is 0 Å². The molecule has 0 radical (unpaired) electrons. The van der Waals surface area contributed by atoms with Gasteiger partial charge in [-0.1, -0.05) is 74.0 Å². The third-order valence-electron chi connectivity index (χ3n) is 5.99. The smallest absolute Gasteiger partial charge is 0.273 e. The van der Waals surface area contributed by atoms with Gasteiger partial charge in [0, 0.05) is 35.4 Å². The molecule has 0 aliphatic rings. The Morgan fingerprint density at radius 2 is 1.74 bits per heavy atom. The molecule has 0 aliphatic carbocycles. The summed E-state index contributed by atoms with van der Waals surface area (Å²) in [6.45, 7) is 5.49. The molecule has 0 atom stereocenters. The maximum Gasteiger partial charge on any atom is 0.273 e. The number of aryl methyl sites for hydroxylation is 1. The molecule has 39 heavy (non-hydrogen) atoms. The number of nitrogens with zero attached hydrogens (tertiary/aromatic N) is 4. The predicted molar refractivity (Wildman–Crippen MR) is 151 cm³/mol. The Labute approximate surface area is 231 Å². The van der Waals surface area contributed by atoms with Crippen LogP contribution in [0.1, 0.15) is 29.8 Å². The number of hydrogen-bond acceptors (Lipinski definition) is 5. The molecule has 0 saturated carbocycles. The van der Waals surface area contributed by atoms with Crippen LogP contribution in [-0.4, -0.2) is 44.5 Å². The molecule has 4 rings (SSSR count). The van der Waals surface area contributed by atoms with Crippen LogP contribution in [-0.2, 0) is 4.79 Å². The Morgan fingerprint density at radius 3 is 2.41 bits per heavy atom. The van der Waals surface area contributed by atoms with E-state index in [0.29, 0.717) is 27.8 Å². The molecule has 0 bridgehead atoms. The quantitative estimate of drug-likeness (QED) is 0.200. The highest BCUT2D eigenvalue weighted by atomic mass is 35.5. The Kier molecular flexibility index (Phi) is 8.41. The number of hydrogen-bond donors (Lipinski definition) is 1. The lowest BCUT2D eigenvalue weighted by Gasteiger charge is -2.24. The van der Waals surface area contributed by atoms with E-state index in [4.69, 9.17) is 11.6 Å². The van der Waals surface area contributed by atoms with Gasteiger partial charge < -0.3 is 10.2 Å². The summed E-state index contributed by atoms with van der Waals surface area (Å²) in [5.74, 6) is -0.472. The van der Waals surface area contributed by atoms with E-state index in [2.05, 4.69) is 10.4 Å². The molecule has 4 aromatic rings. The third kappa shape index (κ3) is 6.50. The normalized spacial score (nSPS) is 10.9. The Hall–Kier alpha value is -4.50. The van der Waals surface area contributed by atoms with Crippen LogP contribution in [0.15, 0.2) is 78.9 Å². The minimum absolute atomic E-state index is 0.0560. The number of aromatic nitrogens is 2. The van der Waals surface area contributed by atoms with Crippen LogP contribution < -0.4 is 5.32 Å². The highest BCUT2D eigenvalue weighted by Crippen LogP contribution is 2.28. The number of rotatable bonds is 9. The van der Waals surface area contributed by atoms with E-state index in [1.54, 1.807) is 35.9 Å². The summed E-state index contributed by atoms with van der Waals surface area (Å²) < 4.78 is 1.56. The first kappa shape index (κ1) is 27.5. The van der Waals surface area contributed by atoms with Gasteiger partial charge in [0.2, 0.25) is 5.91 Å². The number of carbonyl (C=O) groups is 2. The second kappa shape index (κ2) is 11.9. The van der Waals surface area contributed by atoms with E-state index < -0.39 is 16.7 Å². The fourth-order valence-electron chi connectivity index (χ4n) is 4.16. The molecule has 0 aliphatic heterocycles. The summed E-state index contributed by atoms with van der Waals surface area (Å²) in [6.07, 6.45) is 0. The Balaban J connectivity index is 1.63. The summed E-state index contributed by atoms with van der Waals surface area (Å²) >= 11 is 6.45. The van der Waals surface area contributed by atoms with Crippen LogP contribution in [0.4, 0.5) is 11.5 Å². The lowest BCUT2D eigenvalue weighted by atomic mass is 10.1. The largest absolute Gasteiger partial charge is 0.329 e. The first-order chi connectivity index (χ1) is 18.6. The zero-order chi connectivity index (χ0) is 28.1. The van der Waals surface area contributed by atoms with Gasteiger partial charge in [-0.25, -0.2) is 4.68 Å². The van der Waals surface area contributed by atoms with Crippen molar-refractivity contribution in [3.8, 4) is 16.9 Å². The molecule has 2 amide bonds. The van der Waals surface area contributed by atoms with Crippen molar-refractivity contribution >= 4 is 34.9 Å². The Bertz CT molecular complexity index is 1520. The maximum atomic E-state index is 13.4. The van der Waals surface area contributed by atoms with Crippen molar-refractivity contribution in [2.75, 3.05) is 18.4 Å². The topological polar surface area (TPSA) is 110 Å². The standard InChI is InChI=1S/C29H28ClN5O4/c1-19(2)17-33(29(37)22-14-13-20(3)26(15-22)35(38)39)18-28(36)31-27-16-24(21-9-5-4-6-10-21)32-34(27)25-12-8-7-11-23(25)30/h4-16,19H,17-18H2,1-3H3,(H,31,36). The number of anilines is 1. The molecule has 0 saturated heterocycles. The number of carbonyl (C=O) groups excluding carboxylic acids is 2. The van der Waals surface area contributed by atoms with E-state index >= 15 is 0 Å². The molecule has 1 aromatic heterocycles. The highest BCUT2D eigenvalue weighted by Gasteiger charge is 2.24. The second-order valence-corrected chi connectivity index (χ2v) is 9.94. The number of nitro benzene ring substituents is 1. The van der Waals surface area contributed by atoms with Crippen LogP contribution in [0.3, 0.4) is 0 Å². The van der Waals surface area contributed by atoms with Crippen molar-refractivity contribution in [2.45, 2.75) is 20.8 Å². The zero-order valence-electron chi connectivity index (χ0n) is 21.8. The number of halogens is 1. The number of benzene rings is 3. The van der Waals surface area contributed by atoms with Crippen LogP contribution in [0.2, 0.25) is 5.02 Å². The number of nitro groups is 1. The predicted octanol–water partition coefficient (Wildman–Crippen LogP) is 6.15. The SMILES string of the molecule is Cc1ccc(C(=O)N(CC(=O)Nc2cc(-c3ccccc3)nn2-c2ccccc2Cl)CC(C)C)cc1[N+](=O)[O-]. The van der Waals surface area contributed by atoms with Gasteiger partial charge in [-0.05, 0) is 31.0 Å². The van der Waals surface area contributed by atoms with Crippen molar-refractivity contribution in [3.05, 3.63) is 105 Å². The van der Waals surface area contributed by atoms with Crippen LogP contribution >= 0.6 is 11.6 Å². The van der Waals surface area contributed by atoms with E-state index in [-0.39, 0.29) is 30.3 Å². The molecule has 0 unspecified atom stereocenters. The fraction of sp³-hybridized carbons (Fsp3) is 0.207. The minimum atomic E-state index is -0.522. The van der Waals surface area contributed by atoms with Gasteiger partial charge in [-0.2, -0.15) is 5.10 Å². The summed E-state index contributed by atoms with van der Waals surface area (Å²) in [4.78, 5) is 38.9. The maximum absolute atomic E-state index is 13.4. The summed E-state index contributed by atoms with van der Waals surface area (Å²) in [5.41, 5.74) is 2.52. The molecule has 9 nitrogen and oxygen atoms in total. The molecular formula is C29H28ClN5O4. The van der Waals surface area contributed by atoms with Crippen molar-refractivity contribution < 1.29 is 14.5 Å². The molecule has 0 fully saturated rings. The van der Waals surface area contributed by atoms with Gasteiger partial charge in [0.1, 0.15) is 12.4 Å². The van der Waals surface area contributed by atoms with E-state index in [1.165, 1.54) is 23.1 Å². The number of nitrogens with one attached hydrogen (secondary N) is 1. The Morgan fingerprint density at radius 1 is 1.05 bits per heavy atom. The van der Waals surface area contributed by atoms with E-state index in [1.807, 2.05) is 50.2 Å². The lowest BCUT2D eigenvalue weighted by molar-refractivity contribution is -0.385. The first-order valence-corrected chi connectivity index (χ1v) is 12.8. The van der Waals surface area contributed by atoms with Crippen molar-refractivity contribution in [2.24, 2.45) is 5.92 Å². The van der Waals surface area contributed by atoms with Gasteiger partial charge in [-0.15, -0.1) is 0 Å². The highest BCUT2D eigenvalue weighted by molar-refractivity contribution is 6.32. The summed E-state index contributed by atoms with van der Waals surface area (Å²) in [6, 6.07) is 22.7. The van der Waals surface area contributed by atoms with E-state index in [9.17, 15) is 19.7 Å². The molecule has 10 heteroatoms. The average molecular weight is 546 g/mol. The van der Waals surface area contributed by atoms with Gasteiger partial charge in [-0.3, -0.25) is 19.7 Å². The number of amides is 2. The molecular weight excluding hydrogens is 518 g/mol. The fourth-order valence-corrected chi connectivity index (χ4v) is 4.38. The summed E-state index contributed by atoms with van der Waals surface area (Å²) in [5, 5.41) is 19.4. The minimum Gasteiger partial charge on any atom is -0.329 e. The van der Waals surface area contributed by atoms with Crippen molar-refractivity contribution in [1.82, 2.24) is 14.7 Å². The van der Waals surface area contributed by atoms with E-state index in [0.717, 1.165) is 5.56 Å². The summed E-state index contributed by atoms with van der Waals surface area (Å²) in [7, 11) is 0. The van der Waals surface area contributed by atoms with Gasteiger partial charge in [0.15, 0.2) is 0 Å². The lowest BCUT2D eigenvalue weighted by Crippen LogP contribution is -2.40. The second-order valence-electron chi connectivity index (χ2n) is 9.53. The van der Waals surface area contributed by atoms with Crippen molar-refractivity contribution in [1.29, 1.82) is 0 Å². The first-order valence-electron chi connectivity index (χ1n) is 12.4. The van der Waals surface area contributed by atoms with Crippen LogP contribution in [0.5, 0.6) is 0 Å². The van der Waals surface area contributed by atoms with Gasteiger partial charge in [0.25, 0.3) is 11.6 Å². The molecule has 3 aromatic carbocycles. The molecule has 0 spiro atoms. The van der Waals surface area contributed by atoms with Crippen LogP contribution in [0, 0.1) is 23.0 Å². The average Bonchev–Trinajstić information content (AvgIpc) is 3.31. The molecule has 1 N–H and O–H groups in total. The van der Waals surface area contributed by atoms with Gasteiger partial charge in [0.05, 0.1) is 21.3 Å². The molecule has 1 heterocycles. The zero-order valence-corrected chi connectivity index (χ0v) is 22.6. The van der Waals surface area contributed by atoms with Crippen molar-refractivity contribution in [3.63, 3.8) is 0 Å². The molecule has 200 valence electrons. The monoisotopic (exact) mass is 545 g/mol. The number of para-hydroxylation sites is 1. The third-order valence-corrected chi connectivity index (χ3v) is 6.31. The van der Waals surface area contributed by atoms with Crippen LogP contribution in [0.25, 0.3) is 16.9 Å².